The van der Waals surface area contributed by atoms with Gasteiger partial charge in [-0.15, -0.1) is 0 Å². The normalized spacial score (nSPS) is 10.1. The Hall–Kier alpha value is -1.83. The Bertz CT molecular complexity index is 592. The minimum atomic E-state index is -1.09. The maximum Gasteiger partial charge on any atom is 0.337 e. The molecule has 1 heterocycles. The SMILES string of the molecule is O=C(Nc1ccc(I)cc1C(=O)O)c1ccoc1. The van der Waals surface area contributed by atoms with Crippen LogP contribution in [-0.2, 0) is 0 Å². The molecule has 0 radical (unpaired) electrons. The summed E-state index contributed by atoms with van der Waals surface area (Å²) in [6.07, 6.45) is 2.67. The topological polar surface area (TPSA) is 79.5 Å². The van der Waals surface area contributed by atoms with E-state index in [1.807, 2.05) is 22.6 Å². The molecular weight excluding hydrogens is 349 g/mol. The van der Waals surface area contributed by atoms with Crippen molar-refractivity contribution in [3.05, 3.63) is 51.5 Å². The highest BCUT2D eigenvalue weighted by Crippen LogP contribution is 2.19. The number of hydrogen-bond acceptors (Lipinski definition) is 3. The molecule has 2 rings (SSSR count). The molecule has 92 valence electrons. The molecule has 1 amide bonds. The fourth-order valence-electron chi connectivity index (χ4n) is 1.39. The summed E-state index contributed by atoms with van der Waals surface area (Å²) in [6, 6.07) is 6.28. The maximum atomic E-state index is 11.8. The molecule has 1 aromatic carbocycles. The van der Waals surface area contributed by atoms with Crippen LogP contribution in [0.3, 0.4) is 0 Å². The second-order valence-electron chi connectivity index (χ2n) is 3.46. The smallest absolute Gasteiger partial charge is 0.337 e. The van der Waals surface area contributed by atoms with Crippen molar-refractivity contribution >= 4 is 40.2 Å². The molecule has 0 unspecified atom stereocenters. The quantitative estimate of drug-likeness (QED) is 0.828. The van der Waals surface area contributed by atoms with Crippen molar-refractivity contribution in [2.75, 3.05) is 5.32 Å². The number of nitrogens with one attached hydrogen (secondary N) is 1. The lowest BCUT2D eigenvalue weighted by Gasteiger charge is -2.07. The van der Waals surface area contributed by atoms with Crippen LogP contribution in [0.15, 0.2) is 41.2 Å². The van der Waals surface area contributed by atoms with E-state index in [0.29, 0.717) is 5.56 Å². The van der Waals surface area contributed by atoms with Gasteiger partial charge in [0.2, 0.25) is 0 Å². The van der Waals surface area contributed by atoms with Crippen LogP contribution in [0, 0.1) is 3.57 Å². The van der Waals surface area contributed by atoms with Gasteiger partial charge in [0, 0.05) is 3.57 Å². The number of carbonyl (C=O) groups excluding carboxylic acids is 1. The van der Waals surface area contributed by atoms with Gasteiger partial charge in [-0.1, -0.05) is 0 Å². The second-order valence-corrected chi connectivity index (χ2v) is 4.71. The van der Waals surface area contributed by atoms with Crippen molar-refractivity contribution in [2.24, 2.45) is 0 Å². The molecule has 2 aromatic rings. The summed E-state index contributed by atoms with van der Waals surface area (Å²) in [4.78, 5) is 22.8. The number of halogens is 1. The zero-order chi connectivity index (χ0) is 13.1. The van der Waals surface area contributed by atoms with E-state index in [1.54, 1.807) is 12.1 Å². The van der Waals surface area contributed by atoms with Gasteiger partial charge >= 0.3 is 5.97 Å². The van der Waals surface area contributed by atoms with Crippen LogP contribution in [-0.4, -0.2) is 17.0 Å². The van der Waals surface area contributed by atoms with Crippen LogP contribution in [0.25, 0.3) is 0 Å². The van der Waals surface area contributed by atoms with E-state index in [1.165, 1.54) is 24.7 Å². The van der Waals surface area contributed by atoms with Gasteiger partial charge in [0.25, 0.3) is 5.91 Å². The zero-order valence-electron chi connectivity index (χ0n) is 9.01. The van der Waals surface area contributed by atoms with E-state index in [0.717, 1.165) is 3.57 Å². The van der Waals surface area contributed by atoms with Crippen LogP contribution in [0.5, 0.6) is 0 Å². The van der Waals surface area contributed by atoms with Gasteiger partial charge in [-0.3, -0.25) is 4.79 Å². The first-order valence-electron chi connectivity index (χ1n) is 4.94. The number of hydrogen-bond donors (Lipinski definition) is 2. The number of anilines is 1. The Kier molecular flexibility index (Phi) is 3.66. The molecule has 0 saturated carbocycles. The van der Waals surface area contributed by atoms with Crippen LogP contribution in [0.4, 0.5) is 5.69 Å². The molecule has 6 heteroatoms. The molecule has 0 atom stereocenters. The summed E-state index contributed by atoms with van der Waals surface area (Å²) >= 11 is 2.01. The lowest BCUT2D eigenvalue weighted by atomic mass is 10.1. The van der Waals surface area contributed by atoms with Crippen LogP contribution in [0.1, 0.15) is 20.7 Å². The standard InChI is InChI=1S/C12H8INO4/c13-8-1-2-10(9(5-8)12(16)17)14-11(15)7-3-4-18-6-7/h1-6H,(H,14,15)(H,16,17). The van der Waals surface area contributed by atoms with E-state index >= 15 is 0 Å². The molecular formula is C12H8INO4. The van der Waals surface area contributed by atoms with Crippen molar-refractivity contribution in [2.45, 2.75) is 0 Å². The highest BCUT2D eigenvalue weighted by atomic mass is 127. The van der Waals surface area contributed by atoms with Gasteiger partial charge in [-0.25, -0.2) is 4.79 Å². The number of benzene rings is 1. The monoisotopic (exact) mass is 357 g/mol. The molecule has 1 aromatic heterocycles. The number of carbonyl (C=O) groups is 2. The van der Waals surface area contributed by atoms with E-state index in [9.17, 15) is 9.59 Å². The molecule has 0 aliphatic carbocycles. The summed E-state index contributed by atoms with van der Waals surface area (Å²) in [5.74, 6) is -1.50. The third kappa shape index (κ3) is 2.70. The number of amides is 1. The van der Waals surface area contributed by atoms with Crippen LogP contribution >= 0.6 is 22.6 Å². The molecule has 0 saturated heterocycles. The van der Waals surface area contributed by atoms with E-state index in [4.69, 9.17) is 9.52 Å². The first kappa shape index (κ1) is 12.6. The Balaban J connectivity index is 2.29. The van der Waals surface area contributed by atoms with Gasteiger partial charge in [0.05, 0.1) is 23.1 Å². The number of furan rings is 1. The van der Waals surface area contributed by atoms with Crippen molar-refractivity contribution in [3.63, 3.8) is 0 Å². The summed E-state index contributed by atoms with van der Waals surface area (Å²) in [5, 5.41) is 11.6. The second kappa shape index (κ2) is 5.21. The first-order chi connectivity index (χ1) is 8.58. The first-order valence-corrected chi connectivity index (χ1v) is 6.02. The molecule has 0 aliphatic heterocycles. The minimum absolute atomic E-state index is 0.0544. The van der Waals surface area contributed by atoms with Crippen LogP contribution < -0.4 is 5.32 Å². The highest BCUT2D eigenvalue weighted by molar-refractivity contribution is 14.1. The van der Waals surface area contributed by atoms with Gasteiger partial charge in [0.15, 0.2) is 0 Å². The summed E-state index contributed by atoms with van der Waals surface area (Å²) in [5.41, 5.74) is 0.651. The Morgan fingerprint density at radius 2 is 2.06 bits per heavy atom. The van der Waals surface area contributed by atoms with E-state index in [-0.39, 0.29) is 11.3 Å². The number of carboxylic acid groups (broad SMARTS) is 1. The lowest BCUT2D eigenvalue weighted by molar-refractivity contribution is 0.0698. The fourth-order valence-corrected chi connectivity index (χ4v) is 1.88. The van der Waals surface area contributed by atoms with Gasteiger partial charge < -0.3 is 14.8 Å². The number of aromatic carboxylic acids is 1. The third-order valence-electron chi connectivity index (χ3n) is 2.24. The summed E-state index contributed by atoms with van der Waals surface area (Å²) in [7, 11) is 0. The Morgan fingerprint density at radius 3 is 2.67 bits per heavy atom. The van der Waals surface area contributed by atoms with Gasteiger partial charge in [-0.2, -0.15) is 0 Å². The van der Waals surface area contributed by atoms with Crippen molar-refractivity contribution < 1.29 is 19.1 Å². The maximum absolute atomic E-state index is 11.8. The van der Waals surface area contributed by atoms with E-state index in [2.05, 4.69) is 5.32 Å². The van der Waals surface area contributed by atoms with Crippen molar-refractivity contribution in [3.8, 4) is 0 Å². The highest BCUT2D eigenvalue weighted by Gasteiger charge is 2.14. The van der Waals surface area contributed by atoms with Crippen molar-refractivity contribution in [1.29, 1.82) is 0 Å². The number of carboxylic acids is 1. The van der Waals surface area contributed by atoms with E-state index < -0.39 is 11.9 Å². The predicted octanol–water partition coefficient (Wildman–Crippen LogP) is 2.83. The molecule has 18 heavy (non-hydrogen) atoms. The predicted molar refractivity (Wildman–Crippen MR) is 72.8 cm³/mol. The third-order valence-corrected chi connectivity index (χ3v) is 2.91. The Morgan fingerprint density at radius 1 is 1.28 bits per heavy atom. The molecule has 5 nitrogen and oxygen atoms in total. The summed E-state index contributed by atoms with van der Waals surface area (Å²) < 4.78 is 5.58. The summed E-state index contributed by atoms with van der Waals surface area (Å²) in [6.45, 7) is 0. The van der Waals surface area contributed by atoms with Gasteiger partial charge in [0.1, 0.15) is 6.26 Å². The Labute approximate surface area is 116 Å². The average molecular weight is 357 g/mol. The number of rotatable bonds is 3. The van der Waals surface area contributed by atoms with Crippen molar-refractivity contribution in [1.82, 2.24) is 0 Å². The zero-order valence-corrected chi connectivity index (χ0v) is 11.2. The lowest BCUT2D eigenvalue weighted by Crippen LogP contribution is -2.14. The molecule has 0 fully saturated rings. The van der Waals surface area contributed by atoms with Crippen LogP contribution in [0.2, 0.25) is 0 Å². The molecule has 0 spiro atoms. The average Bonchev–Trinajstić information content (AvgIpc) is 2.84. The largest absolute Gasteiger partial charge is 0.478 e. The molecule has 0 aliphatic rings. The minimum Gasteiger partial charge on any atom is -0.478 e. The molecule has 0 bridgehead atoms. The molecule has 2 N–H and O–H groups in total. The fraction of sp³-hybridized carbons (Fsp3) is 0. The van der Waals surface area contributed by atoms with Gasteiger partial charge in [-0.05, 0) is 46.9 Å².